The van der Waals surface area contributed by atoms with Crippen LogP contribution in [0.15, 0.2) is 41.5 Å². The molecule has 0 aliphatic heterocycles. The number of aromatic amines is 1. The van der Waals surface area contributed by atoms with E-state index in [2.05, 4.69) is 15.3 Å². The summed E-state index contributed by atoms with van der Waals surface area (Å²) in [4.78, 5) is 13.1. The molecule has 0 amide bonds. The van der Waals surface area contributed by atoms with Crippen LogP contribution in [0.3, 0.4) is 0 Å². The SMILES string of the molecule is Cc1cccc(C)c1-n1cc(-c2ccn(C)n2)c2[nH]nc(N)c2c1=O. The van der Waals surface area contributed by atoms with E-state index >= 15 is 0 Å². The monoisotopic (exact) mass is 334 g/mol. The van der Waals surface area contributed by atoms with Crippen molar-refractivity contribution in [1.29, 1.82) is 0 Å². The van der Waals surface area contributed by atoms with Gasteiger partial charge < -0.3 is 5.73 Å². The number of nitrogen functional groups attached to an aromatic ring is 1. The van der Waals surface area contributed by atoms with Crippen LogP contribution in [0, 0.1) is 13.8 Å². The van der Waals surface area contributed by atoms with Crippen LogP contribution in [0.1, 0.15) is 11.1 Å². The highest BCUT2D eigenvalue weighted by Crippen LogP contribution is 2.28. The Balaban J connectivity index is 2.15. The van der Waals surface area contributed by atoms with Crippen molar-refractivity contribution in [3.8, 4) is 16.9 Å². The third kappa shape index (κ3) is 2.24. The van der Waals surface area contributed by atoms with Gasteiger partial charge in [0.05, 0.1) is 16.9 Å². The number of nitrogens with zero attached hydrogens (tertiary/aromatic N) is 4. The van der Waals surface area contributed by atoms with Crippen molar-refractivity contribution in [3.63, 3.8) is 0 Å². The van der Waals surface area contributed by atoms with Crippen molar-refractivity contribution in [2.75, 3.05) is 5.73 Å². The van der Waals surface area contributed by atoms with E-state index in [1.54, 1.807) is 15.4 Å². The summed E-state index contributed by atoms with van der Waals surface area (Å²) in [6, 6.07) is 7.84. The van der Waals surface area contributed by atoms with Crippen LogP contribution in [0.5, 0.6) is 0 Å². The molecule has 0 spiro atoms. The number of benzene rings is 1. The topological polar surface area (TPSA) is 94.5 Å². The van der Waals surface area contributed by atoms with Crippen LogP contribution in [0.25, 0.3) is 27.8 Å². The lowest BCUT2D eigenvalue weighted by atomic mass is 10.1. The van der Waals surface area contributed by atoms with Gasteiger partial charge in [-0.05, 0) is 31.0 Å². The summed E-state index contributed by atoms with van der Waals surface area (Å²) in [5, 5.41) is 11.8. The van der Waals surface area contributed by atoms with E-state index in [-0.39, 0.29) is 11.4 Å². The number of hydrogen-bond donors (Lipinski definition) is 2. The van der Waals surface area contributed by atoms with Gasteiger partial charge in [-0.1, -0.05) is 18.2 Å². The lowest BCUT2D eigenvalue weighted by molar-refractivity contribution is 0.770. The molecule has 0 bridgehead atoms. The zero-order chi connectivity index (χ0) is 17.7. The lowest BCUT2D eigenvalue weighted by Crippen LogP contribution is -2.20. The molecule has 0 radical (unpaired) electrons. The van der Waals surface area contributed by atoms with Crippen molar-refractivity contribution in [3.05, 3.63) is 58.1 Å². The van der Waals surface area contributed by atoms with E-state index in [4.69, 9.17) is 5.73 Å². The Bertz CT molecular complexity index is 1140. The minimum atomic E-state index is -0.196. The molecule has 0 aliphatic rings. The van der Waals surface area contributed by atoms with Gasteiger partial charge in [-0.25, -0.2) is 0 Å². The summed E-state index contributed by atoms with van der Waals surface area (Å²) in [6.07, 6.45) is 3.66. The summed E-state index contributed by atoms with van der Waals surface area (Å²) in [7, 11) is 1.85. The Morgan fingerprint density at radius 3 is 2.52 bits per heavy atom. The number of nitrogens with one attached hydrogen (secondary N) is 1. The second-order valence-corrected chi connectivity index (χ2v) is 6.19. The van der Waals surface area contributed by atoms with Crippen LogP contribution in [0.2, 0.25) is 0 Å². The predicted molar refractivity (Wildman–Crippen MR) is 97.8 cm³/mol. The van der Waals surface area contributed by atoms with Gasteiger partial charge in [0, 0.05) is 25.0 Å². The molecule has 25 heavy (non-hydrogen) atoms. The van der Waals surface area contributed by atoms with E-state index in [0.717, 1.165) is 28.1 Å². The fourth-order valence-electron chi connectivity index (χ4n) is 3.24. The summed E-state index contributed by atoms with van der Waals surface area (Å²) < 4.78 is 3.36. The molecule has 7 nitrogen and oxygen atoms in total. The van der Waals surface area contributed by atoms with E-state index in [9.17, 15) is 4.79 Å². The number of aromatic nitrogens is 5. The fourth-order valence-corrected chi connectivity index (χ4v) is 3.24. The number of hydrogen-bond acceptors (Lipinski definition) is 4. The maximum Gasteiger partial charge on any atom is 0.268 e. The number of fused-ring (bicyclic) bond motifs is 1. The summed E-state index contributed by atoms with van der Waals surface area (Å²) >= 11 is 0. The van der Waals surface area contributed by atoms with Crippen molar-refractivity contribution in [2.24, 2.45) is 7.05 Å². The summed E-state index contributed by atoms with van der Waals surface area (Å²) in [5.74, 6) is 0.192. The predicted octanol–water partition coefficient (Wildman–Crippen LogP) is 2.31. The molecule has 0 atom stereocenters. The number of para-hydroxylation sites is 1. The molecule has 7 heteroatoms. The van der Waals surface area contributed by atoms with Crippen LogP contribution in [-0.2, 0) is 7.05 Å². The maximum atomic E-state index is 13.1. The molecule has 3 heterocycles. The van der Waals surface area contributed by atoms with Gasteiger partial charge in [0.15, 0.2) is 5.82 Å². The number of rotatable bonds is 2. The molecular weight excluding hydrogens is 316 g/mol. The molecule has 3 aromatic heterocycles. The molecule has 0 aliphatic carbocycles. The zero-order valence-corrected chi connectivity index (χ0v) is 14.2. The number of H-pyrrole nitrogens is 1. The molecule has 3 N–H and O–H groups in total. The van der Waals surface area contributed by atoms with Gasteiger partial charge >= 0.3 is 0 Å². The second-order valence-electron chi connectivity index (χ2n) is 6.19. The first-order valence-electron chi connectivity index (χ1n) is 7.93. The van der Waals surface area contributed by atoms with Crippen molar-refractivity contribution < 1.29 is 0 Å². The Labute approximate surface area is 143 Å². The number of anilines is 1. The Morgan fingerprint density at radius 1 is 1.16 bits per heavy atom. The standard InChI is InChI=1S/C18H18N6O/c1-10-5-4-6-11(2)16(10)24-9-12(13-7-8-23(3)22-13)15-14(18(24)25)17(19)21-20-15/h4-9H,1-3H3,(H3,19,20,21). The smallest absolute Gasteiger partial charge is 0.268 e. The first-order valence-corrected chi connectivity index (χ1v) is 7.93. The Morgan fingerprint density at radius 2 is 1.88 bits per heavy atom. The molecule has 4 rings (SSSR count). The average molecular weight is 334 g/mol. The summed E-state index contributed by atoms with van der Waals surface area (Å²) in [5.41, 5.74) is 10.8. The zero-order valence-electron chi connectivity index (χ0n) is 14.2. The van der Waals surface area contributed by atoms with Crippen LogP contribution < -0.4 is 11.3 Å². The van der Waals surface area contributed by atoms with Crippen molar-refractivity contribution in [2.45, 2.75) is 13.8 Å². The van der Waals surface area contributed by atoms with Crippen molar-refractivity contribution in [1.82, 2.24) is 24.5 Å². The van der Waals surface area contributed by atoms with E-state index < -0.39 is 0 Å². The van der Waals surface area contributed by atoms with Crippen molar-refractivity contribution >= 4 is 16.7 Å². The van der Waals surface area contributed by atoms with Gasteiger partial charge in [0.25, 0.3) is 5.56 Å². The van der Waals surface area contributed by atoms with Gasteiger partial charge in [-0.15, -0.1) is 0 Å². The highest BCUT2D eigenvalue weighted by molar-refractivity contribution is 5.97. The van der Waals surface area contributed by atoms with E-state index in [0.29, 0.717) is 10.9 Å². The highest BCUT2D eigenvalue weighted by Gasteiger charge is 2.19. The van der Waals surface area contributed by atoms with Gasteiger partial charge in [-0.2, -0.15) is 10.2 Å². The van der Waals surface area contributed by atoms with Gasteiger partial charge in [0.1, 0.15) is 5.39 Å². The lowest BCUT2D eigenvalue weighted by Gasteiger charge is -2.14. The molecular formula is C18H18N6O. The number of nitrogens with two attached hydrogens (primary N) is 1. The molecule has 4 aromatic rings. The van der Waals surface area contributed by atoms with Gasteiger partial charge in [0.2, 0.25) is 0 Å². The van der Waals surface area contributed by atoms with Crippen LogP contribution >= 0.6 is 0 Å². The third-order valence-corrected chi connectivity index (χ3v) is 4.42. The fraction of sp³-hybridized carbons (Fsp3) is 0.167. The average Bonchev–Trinajstić information content (AvgIpc) is 3.16. The quantitative estimate of drug-likeness (QED) is 0.588. The maximum absolute atomic E-state index is 13.1. The minimum absolute atomic E-state index is 0.192. The van der Waals surface area contributed by atoms with Crippen LogP contribution in [-0.4, -0.2) is 24.5 Å². The van der Waals surface area contributed by atoms with Gasteiger partial charge in [-0.3, -0.25) is 19.1 Å². The molecule has 0 fully saturated rings. The Hall–Kier alpha value is -3.35. The summed E-state index contributed by atoms with van der Waals surface area (Å²) in [6.45, 7) is 3.97. The van der Waals surface area contributed by atoms with E-state index in [1.807, 2.05) is 51.4 Å². The first-order chi connectivity index (χ1) is 12.0. The molecule has 1 aromatic carbocycles. The normalized spacial score (nSPS) is 11.3. The molecule has 0 unspecified atom stereocenters. The van der Waals surface area contributed by atoms with Crippen LogP contribution in [0.4, 0.5) is 5.82 Å². The third-order valence-electron chi connectivity index (χ3n) is 4.42. The first kappa shape index (κ1) is 15.2. The highest BCUT2D eigenvalue weighted by atomic mass is 16.1. The second kappa shape index (κ2) is 5.34. The number of aryl methyl sites for hydroxylation is 3. The molecule has 0 saturated carbocycles. The Kier molecular flexibility index (Phi) is 3.24. The minimum Gasteiger partial charge on any atom is -0.382 e. The number of pyridine rings is 1. The molecule has 126 valence electrons. The van der Waals surface area contributed by atoms with E-state index in [1.165, 1.54) is 0 Å². The molecule has 0 saturated heterocycles. The largest absolute Gasteiger partial charge is 0.382 e.